The maximum absolute atomic E-state index is 4.91. The van der Waals surface area contributed by atoms with Gasteiger partial charge in [-0.2, -0.15) is 0 Å². The first kappa shape index (κ1) is 15.0. The number of imidazole rings is 1. The molecule has 1 N–H and O–H groups in total. The fourth-order valence-electron chi connectivity index (χ4n) is 3.66. The van der Waals surface area contributed by atoms with Crippen LogP contribution < -0.4 is 5.32 Å². The summed E-state index contributed by atoms with van der Waals surface area (Å²) >= 11 is 1.73. The van der Waals surface area contributed by atoms with Crippen LogP contribution in [0.3, 0.4) is 0 Å². The van der Waals surface area contributed by atoms with Crippen molar-refractivity contribution in [1.82, 2.24) is 24.7 Å². The number of benzene rings is 1. The summed E-state index contributed by atoms with van der Waals surface area (Å²) < 4.78 is 2.17. The first-order valence-electron chi connectivity index (χ1n) is 8.69. The molecule has 1 aliphatic heterocycles. The molecule has 2 atom stereocenters. The van der Waals surface area contributed by atoms with Gasteiger partial charge in [0.15, 0.2) is 4.96 Å². The fourth-order valence-corrected chi connectivity index (χ4v) is 4.63. The third kappa shape index (κ3) is 2.71. The molecule has 1 fully saturated rings. The van der Waals surface area contributed by atoms with Crippen molar-refractivity contribution >= 4 is 27.3 Å². The van der Waals surface area contributed by atoms with Crippen LogP contribution in [0.4, 0.5) is 0 Å². The maximum atomic E-state index is 4.91. The second-order valence-corrected chi connectivity index (χ2v) is 7.80. The molecule has 0 bridgehead atoms. The summed E-state index contributed by atoms with van der Waals surface area (Å²) in [6, 6.07) is 6.82. The molecule has 0 saturated carbocycles. The van der Waals surface area contributed by atoms with E-state index in [1.807, 2.05) is 6.07 Å². The average molecular weight is 349 g/mol. The van der Waals surface area contributed by atoms with E-state index in [0.29, 0.717) is 12.0 Å². The Labute approximate surface area is 149 Å². The molecule has 5 nitrogen and oxygen atoms in total. The van der Waals surface area contributed by atoms with Crippen molar-refractivity contribution in [3.63, 3.8) is 0 Å². The number of rotatable bonds is 2. The van der Waals surface area contributed by atoms with Gasteiger partial charge in [-0.25, -0.2) is 4.98 Å². The van der Waals surface area contributed by atoms with Crippen molar-refractivity contribution in [3.8, 4) is 10.4 Å². The zero-order chi connectivity index (χ0) is 16.8. The summed E-state index contributed by atoms with van der Waals surface area (Å²) in [5.74, 6) is 0.572. The average Bonchev–Trinajstić information content (AvgIpc) is 3.20. The van der Waals surface area contributed by atoms with Crippen LogP contribution in [-0.4, -0.2) is 31.9 Å². The summed E-state index contributed by atoms with van der Waals surface area (Å²) in [4.78, 5) is 15.9. The molecule has 1 aliphatic rings. The summed E-state index contributed by atoms with van der Waals surface area (Å²) in [6.45, 7) is 3.34. The molecule has 0 amide bonds. The largest absolute Gasteiger partial charge is 0.314 e. The molecule has 5 rings (SSSR count). The van der Waals surface area contributed by atoms with Crippen LogP contribution >= 0.6 is 11.3 Å². The van der Waals surface area contributed by atoms with Gasteiger partial charge in [0.2, 0.25) is 0 Å². The van der Waals surface area contributed by atoms with E-state index in [2.05, 4.69) is 51.1 Å². The molecule has 6 heteroatoms. The highest BCUT2D eigenvalue weighted by Gasteiger charge is 2.22. The first-order chi connectivity index (χ1) is 12.3. The standard InChI is InChI=1S/C19H19N5S/c1-12-8-13(4-5-20-12)17-10-24-11-18(25-19(24)23-17)14-2-3-15-16(9-14)22-7-6-21-15/h2-3,6-7,9-13,20H,4-5,8H2,1H3. The van der Waals surface area contributed by atoms with Gasteiger partial charge in [0, 0.05) is 36.7 Å². The Kier molecular flexibility index (Phi) is 3.53. The Morgan fingerprint density at radius 2 is 2.04 bits per heavy atom. The van der Waals surface area contributed by atoms with Crippen molar-refractivity contribution < 1.29 is 0 Å². The van der Waals surface area contributed by atoms with E-state index >= 15 is 0 Å². The predicted molar refractivity (Wildman–Crippen MR) is 101 cm³/mol. The molecule has 4 aromatic rings. The third-order valence-corrected chi connectivity index (χ3v) is 6.02. The highest BCUT2D eigenvalue weighted by Crippen LogP contribution is 2.33. The van der Waals surface area contributed by atoms with Crippen LogP contribution in [0.25, 0.3) is 26.4 Å². The molecule has 4 heterocycles. The van der Waals surface area contributed by atoms with E-state index in [4.69, 9.17) is 4.98 Å². The van der Waals surface area contributed by atoms with Crippen molar-refractivity contribution in [3.05, 3.63) is 48.7 Å². The number of hydrogen-bond acceptors (Lipinski definition) is 5. The number of nitrogens with zero attached hydrogens (tertiary/aromatic N) is 4. The highest BCUT2D eigenvalue weighted by molar-refractivity contribution is 7.20. The lowest BCUT2D eigenvalue weighted by Crippen LogP contribution is -2.34. The van der Waals surface area contributed by atoms with Gasteiger partial charge in [-0.05, 0) is 44.0 Å². The van der Waals surface area contributed by atoms with Gasteiger partial charge in [0.1, 0.15) is 0 Å². The highest BCUT2D eigenvalue weighted by atomic mass is 32.1. The summed E-state index contributed by atoms with van der Waals surface area (Å²) in [5, 5.41) is 3.51. The predicted octanol–water partition coefficient (Wildman–Crippen LogP) is 3.86. The van der Waals surface area contributed by atoms with Gasteiger partial charge in [0.25, 0.3) is 0 Å². The molecule has 0 spiro atoms. The van der Waals surface area contributed by atoms with Gasteiger partial charge in [-0.15, -0.1) is 0 Å². The number of nitrogens with one attached hydrogen (secondary N) is 1. The van der Waals surface area contributed by atoms with Gasteiger partial charge in [-0.1, -0.05) is 17.4 Å². The van der Waals surface area contributed by atoms with Crippen molar-refractivity contribution in [2.75, 3.05) is 6.54 Å². The van der Waals surface area contributed by atoms with E-state index in [1.165, 1.54) is 29.0 Å². The smallest absolute Gasteiger partial charge is 0.194 e. The molecule has 3 aromatic heterocycles. The van der Waals surface area contributed by atoms with Crippen LogP contribution in [0.15, 0.2) is 43.0 Å². The minimum atomic E-state index is 0.572. The second-order valence-electron chi connectivity index (χ2n) is 6.79. The second kappa shape index (κ2) is 5.89. The minimum absolute atomic E-state index is 0.572. The number of thiazole rings is 1. The molecular formula is C19H19N5S. The third-order valence-electron chi connectivity index (χ3n) is 4.97. The van der Waals surface area contributed by atoms with Gasteiger partial charge in [0.05, 0.1) is 21.6 Å². The number of piperidine rings is 1. The van der Waals surface area contributed by atoms with E-state index < -0.39 is 0 Å². The summed E-state index contributed by atoms with van der Waals surface area (Å²) in [7, 11) is 0. The van der Waals surface area contributed by atoms with Crippen LogP contribution in [-0.2, 0) is 0 Å². The van der Waals surface area contributed by atoms with Gasteiger partial charge < -0.3 is 5.32 Å². The molecule has 1 aromatic carbocycles. The normalized spacial score (nSPS) is 21.2. The van der Waals surface area contributed by atoms with Crippen LogP contribution in [0.5, 0.6) is 0 Å². The fraction of sp³-hybridized carbons (Fsp3) is 0.316. The van der Waals surface area contributed by atoms with E-state index in [1.54, 1.807) is 23.7 Å². The van der Waals surface area contributed by atoms with Crippen LogP contribution in [0, 0.1) is 0 Å². The van der Waals surface area contributed by atoms with E-state index in [0.717, 1.165) is 22.5 Å². The quantitative estimate of drug-likeness (QED) is 0.597. The Morgan fingerprint density at radius 1 is 1.16 bits per heavy atom. The van der Waals surface area contributed by atoms with Crippen LogP contribution in [0.1, 0.15) is 31.4 Å². The Morgan fingerprint density at radius 3 is 2.88 bits per heavy atom. The molecule has 0 radical (unpaired) electrons. The summed E-state index contributed by atoms with van der Waals surface area (Å²) in [6.07, 6.45) is 10.2. The number of hydrogen-bond donors (Lipinski definition) is 1. The molecule has 25 heavy (non-hydrogen) atoms. The first-order valence-corrected chi connectivity index (χ1v) is 9.51. The Hall–Kier alpha value is -2.31. The Balaban J connectivity index is 1.49. The zero-order valence-electron chi connectivity index (χ0n) is 14.0. The van der Waals surface area contributed by atoms with Crippen molar-refractivity contribution in [2.24, 2.45) is 0 Å². The van der Waals surface area contributed by atoms with Gasteiger partial charge >= 0.3 is 0 Å². The van der Waals surface area contributed by atoms with Crippen LogP contribution in [0.2, 0.25) is 0 Å². The van der Waals surface area contributed by atoms with Crippen molar-refractivity contribution in [1.29, 1.82) is 0 Å². The number of aromatic nitrogens is 4. The zero-order valence-corrected chi connectivity index (χ0v) is 14.8. The summed E-state index contributed by atoms with van der Waals surface area (Å²) in [5.41, 5.74) is 4.25. The molecule has 2 unspecified atom stereocenters. The molecular weight excluding hydrogens is 330 g/mol. The SMILES string of the molecule is CC1CC(c2cn3cc(-c4ccc5nccnc5c4)sc3n2)CCN1. The van der Waals surface area contributed by atoms with E-state index in [9.17, 15) is 0 Å². The lowest BCUT2D eigenvalue weighted by molar-refractivity contribution is 0.377. The molecule has 1 saturated heterocycles. The van der Waals surface area contributed by atoms with Gasteiger partial charge in [-0.3, -0.25) is 14.4 Å². The minimum Gasteiger partial charge on any atom is -0.314 e. The van der Waals surface area contributed by atoms with E-state index in [-0.39, 0.29) is 0 Å². The lowest BCUT2D eigenvalue weighted by Gasteiger charge is -2.26. The van der Waals surface area contributed by atoms with Crippen molar-refractivity contribution in [2.45, 2.75) is 31.7 Å². The topological polar surface area (TPSA) is 55.1 Å². The Bertz CT molecular complexity index is 1020. The molecule has 0 aliphatic carbocycles. The number of fused-ring (bicyclic) bond motifs is 2. The lowest BCUT2D eigenvalue weighted by atomic mass is 9.91. The maximum Gasteiger partial charge on any atom is 0.194 e. The molecule has 126 valence electrons. The monoisotopic (exact) mass is 349 g/mol.